The summed E-state index contributed by atoms with van der Waals surface area (Å²) in [5.41, 5.74) is 7.28. The standard InChI is InChI=1S/C30H40N8O2/c1-6-19-9-8-10-20(7-2)24(19)34-28(39)26-23-12-11-21-17-32-30(35-25(21)27(23)37(5)36-26)33-22-13-15-38(16-14-22)29(40)18(3)31-4/h8-10,17-18,22,31H,6-7,11-16H2,1-5H3,(H,34,39)(H,32,33,35)/t18-/m0/s1. The van der Waals surface area contributed by atoms with Crippen molar-refractivity contribution in [2.75, 3.05) is 30.8 Å². The van der Waals surface area contributed by atoms with Crippen molar-refractivity contribution < 1.29 is 9.59 Å². The first-order chi connectivity index (χ1) is 19.3. The second-order valence-electron chi connectivity index (χ2n) is 10.7. The highest BCUT2D eigenvalue weighted by Crippen LogP contribution is 2.35. The molecule has 2 aliphatic rings. The van der Waals surface area contributed by atoms with Gasteiger partial charge in [-0.1, -0.05) is 32.0 Å². The number of hydrogen-bond donors (Lipinski definition) is 3. The summed E-state index contributed by atoms with van der Waals surface area (Å²) in [5, 5.41) is 14.4. The summed E-state index contributed by atoms with van der Waals surface area (Å²) in [6, 6.07) is 6.19. The number of nitrogens with zero attached hydrogens (tertiary/aromatic N) is 5. The SMILES string of the molecule is CCc1cccc(CC)c1NC(=O)c1nn(C)c2c1CCc1cnc(NC3CCN(C(=O)[C@H](C)NC)CC3)nc1-2. The highest BCUT2D eigenvalue weighted by atomic mass is 16.2. The van der Waals surface area contributed by atoms with Crippen LogP contribution in [-0.2, 0) is 37.5 Å². The topological polar surface area (TPSA) is 117 Å². The number of likely N-dealkylation sites (N-methyl/N-ethyl adjacent to an activating group) is 1. The van der Waals surface area contributed by atoms with Crippen molar-refractivity contribution in [1.82, 2.24) is 30.0 Å². The van der Waals surface area contributed by atoms with Gasteiger partial charge in [0, 0.05) is 43.6 Å². The molecule has 0 radical (unpaired) electrons. The number of likely N-dealkylation sites (tertiary alicyclic amines) is 1. The molecule has 5 rings (SSSR count). The lowest BCUT2D eigenvalue weighted by atomic mass is 9.93. The number of amides is 2. The number of carbonyl (C=O) groups is 2. The van der Waals surface area contributed by atoms with Gasteiger partial charge in [0.25, 0.3) is 5.91 Å². The van der Waals surface area contributed by atoms with E-state index in [4.69, 9.17) is 4.98 Å². The van der Waals surface area contributed by atoms with Gasteiger partial charge in [-0.3, -0.25) is 14.3 Å². The lowest BCUT2D eigenvalue weighted by molar-refractivity contribution is -0.133. The van der Waals surface area contributed by atoms with E-state index in [1.807, 2.05) is 31.1 Å². The maximum Gasteiger partial charge on any atom is 0.276 e. The lowest BCUT2D eigenvalue weighted by Crippen LogP contribution is -2.48. The largest absolute Gasteiger partial charge is 0.351 e. The average molecular weight is 545 g/mol. The van der Waals surface area contributed by atoms with Crippen LogP contribution in [0.4, 0.5) is 11.6 Å². The molecular formula is C30H40N8O2. The van der Waals surface area contributed by atoms with Gasteiger partial charge in [0.15, 0.2) is 5.69 Å². The van der Waals surface area contributed by atoms with E-state index in [0.717, 1.165) is 71.4 Å². The van der Waals surface area contributed by atoms with Gasteiger partial charge in [-0.2, -0.15) is 5.10 Å². The van der Waals surface area contributed by atoms with Crippen molar-refractivity contribution in [2.24, 2.45) is 7.05 Å². The zero-order valence-corrected chi connectivity index (χ0v) is 24.2. The number of benzene rings is 1. The van der Waals surface area contributed by atoms with Crippen molar-refractivity contribution in [1.29, 1.82) is 0 Å². The fourth-order valence-corrected chi connectivity index (χ4v) is 5.81. The number of fused-ring (bicyclic) bond motifs is 3. The third-order valence-corrected chi connectivity index (χ3v) is 8.27. The summed E-state index contributed by atoms with van der Waals surface area (Å²) < 4.78 is 1.78. The van der Waals surface area contributed by atoms with Crippen molar-refractivity contribution in [3.05, 3.63) is 52.3 Å². The van der Waals surface area contributed by atoms with Gasteiger partial charge in [-0.15, -0.1) is 0 Å². The molecule has 1 fully saturated rings. The number of carbonyl (C=O) groups excluding carboxylic acids is 2. The lowest BCUT2D eigenvalue weighted by Gasteiger charge is -2.34. The molecule has 1 atom stereocenters. The Morgan fingerprint density at radius 3 is 2.45 bits per heavy atom. The predicted octanol–water partition coefficient (Wildman–Crippen LogP) is 3.36. The maximum atomic E-state index is 13.5. The Balaban J connectivity index is 1.34. The summed E-state index contributed by atoms with van der Waals surface area (Å²) >= 11 is 0. The highest BCUT2D eigenvalue weighted by Gasteiger charge is 2.30. The van der Waals surface area contributed by atoms with Crippen LogP contribution >= 0.6 is 0 Å². The van der Waals surface area contributed by atoms with Gasteiger partial charge in [0.2, 0.25) is 11.9 Å². The first-order valence-electron chi connectivity index (χ1n) is 14.4. The molecule has 10 nitrogen and oxygen atoms in total. The molecule has 40 heavy (non-hydrogen) atoms. The minimum absolute atomic E-state index is 0.138. The predicted molar refractivity (Wildman–Crippen MR) is 157 cm³/mol. The summed E-state index contributed by atoms with van der Waals surface area (Å²) in [6.07, 6.45) is 6.71. The van der Waals surface area contributed by atoms with Crippen LogP contribution in [0.1, 0.15) is 66.4 Å². The number of piperidine rings is 1. The maximum absolute atomic E-state index is 13.5. The quantitative estimate of drug-likeness (QED) is 0.398. The summed E-state index contributed by atoms with van der Waals surface area (Å²) in [5.74, 6) is 0.521. The molecule has 0 bridgehead atoms. The van der Waals surface area contributed by atoms with Gasteiger partial charge in [0.1, 0.15) is 0 Å². The molecule has 212 valence electrons. The molecule has 1 aliphatic carbocycles. The average Bonchev–Trinajstić information content (AvgIpc) is 3.33. The van der Waals surface area contributed by atoms with Crippen LogP contribution in [0.15, 0.2) is 24.4 Å². The van der Waals surface area contributed by atoms with Crippen LogP contribution in [0, 0.1) is 0 Å². The molecule has 0 saturated carbocycles. The fourth-order valence-electron chi connectivity index (χ4n) is 5.81. The Kier molecular flexibility index (Phi) is 8.16. The minimum atomic E-state index is -0.183. The Morgan fingerprint density at radius 2 is 1.80 bits per heavy atom. The van der Waals surface area contributed by atoms with E-state index in [1.165, 1.54) is 0 Å². The van der Waals surface area contributed by atoms with Crippen molar-refractivity contribution >= 4 is 23.5 Å². The highest BCUT2D eigenvalue weighted by molar-refractivity contribution is 6.06. The Bertz CT molecular complexity index is 1380. The van der Waals surface area contributed by atoms with Crippen molar-refractivity contribution in [2.45, 2.75) is 71.4 Å². The molecule has 1 aliphatic heterocycles. The molecule has 1 aromatic carbocycles. The van der Waals surface area contributed by atoms with Gasteiger partial charge in [0.05, 0.1) is 17.4 Å². The molecule has 2 amide bonds. The van der Waals surface area contributed by atoms with Crippen LogP contribution in [0.3, 0.4) is 0 Å². The van der Waals surface area contributed by atoms with E-state index in [9.17, 15) is 9.59 Å². The monoisotopic (exact) mass is 544 g/mol. The van der Waals surface area contributed by atoms with Crippen LogP contribution < -0.4 is 16.0 Å². The summed E-state index contributed by atoms with van der Waals surface area (Å²) in [7, 11) is 3.68. The molecule has 1 saturated heterocycles. The normalized spacial score (nSPS) is 15.8. The number of aromatic nitrogens is 4. The van der Waals surface area contributed by atoms with Crippen LogP contribution in [0.2, 0.25) is 0 Å². The van der Waals surface area contributed by atoms with Crippen LogP contribution in [-0.4, -0.2) is 68.7 Å². The third kappa shape index (κ3) is 5.32. The van der Waals surface area contributed by atoms with Gasteiger partial charge in [-0.05, 0) is 69.2 Å². The zero-order valence-electron chi connectivity index (χ0n) is 24.2. The molecule has 10 heteroatoms. The smallest absolute Gasteiger partial charge is 0.276 e. The zero-order chi connectivity index (χ0) is 28.4. The number of nitrogens with one attached hydrogen (secondary N) is 3. The number of anilines is 2. The van der Waals surface area contributed by atoms with Crippen molar-refractivity contribution in [3.8, 4) is 11.4 Å². The third-order valence-electron chi connectivity index (χ3n) is 8.27. The second-order valence-corrected chi connectivity index (χ2v) is 10.7. The van der Waals surface area contributed by atoms with Gasteiger partial charge >= 0.3 is 0 Å². The number of para-hydroxylation sites is 1. The van der Waals surface area contributed by atoms with Gasteiger partial charge < -0.3 is 20.9 Å². The molecule has 0 spiro atoms. The first kappa shape index (κ1) is 27.8. The molecule has 2 aromatic heterocycles. The first-order valence-corrected chi connectivity index (χ1v) is 14.4. The van der Waals surface area contributed by atoms with E-state index in [-0.39, 0.29) is 23.9 Å². The molecular weight excluding hydrogens is 504 g/mol. The van der Waals surface area contributed by atoms with Gasteiger partial charge in [-0.25, -0.2) is 9.97 Å². The molecule has 3 heterocycles. The van der Waals surface area contributed by atoms with E-state index in [2.05, 4.69) is 52.0 Å². The van der Waals surface area contributed by atoms with Crippen LogP contribution in [0.5, 0.6) is 0 Å². The Morgan fingerprint density at radius 1 is 1.10 bits per heavy atom. The van der Waals surface area contributed by atoms with E-state index in [0.29, 0.717) is 31.2 Å². The summed E-state index contributed by atoms with van der Waals surface area (Å²) in [6.45, 7) is 7.50. The van der Waals surface area contributed by atoms with Crippen LogP contribution in [0.25, 0.3) is 11.4 Å². The van der Waals surface area contributed by atoms with E-state index in [1.54, 1.807) is 11.7 Å². The molecule has 3 N–H and O–H groups in total. The number of aryl methyl sites for hydroxylation is 4. The minimum Gasteiger partial charge on any atom is -0.351 e. The number of rotatable bonds is 8. The Hall–Kier alpha value is -3.79. The fraction of sp³-hybridized carbons (Fsp3) is 0.500. The van der Waals surface area contributed by atoms with E-state index < -0.39 is 0 Å². The number of hydrogen-bond acceptors (Lipinski definition) is 7. The van der Waals surface area contributed by atoms with Crippen molar-refractivity contribution in [3.63, 3.8) is 0 Å². The molecule has 0 unspecified atom stereocenters. The Labute approximate surface area is 236 Å². The molecule has 3 aromatic rings. The van der Waals surface area contributed by atoms with E-state index >= 15 is 0 Å². The summed E-state index contributed by atoms with van der Waals surface area (Å²) in [4.78, 5) is 37.5. The second kappa shape index (κ2) is 11.8.